The van der Waals surface area contributed by atoms with E-state index in [1.165, 1.54) is 0 Å². The molecule has 0 aliphatic carbocycles. The fraction of sp³-hybridized carbons (Fsp3) is 0.833. The maximum atomic E-state index is 10.3. The summed E-state index contributed by atoms with van der Waals surface area (Å²) in [5.41, 5.74) is 0. The first-order valence-corrected chi connectivity index (χ1v) is 7.27. The fourth-order valence-electron chi connectivity index (χ4n) is 0.782. The summed E-state index contributed by atoms with van der Waals surface area (Å²) in [6.07, 6.45) is -7.76. The van der Waals surface area contributed by atoms with Gasteiger partial charge in [-0.15, -0.1) is 0 Å². The molecule has 10 heteroatoms. The second-order valence-electron chi connectivity index (χ2n) is 2.96. The molecule has 0 aromatic carbocycles. The zero-order valence-corrected chi connectivity index (χ0v) is 9.83. The van der Waals surface area contributed by atoms with Gasteiger partial charge in [-0.2, -0.15) is 0 Å². The molecule has 0 unspecified atom stereocenters. The Balaban J connectivity index is 4.22. The molecule has 0 fully saturated rings. The molecule has 0 bridgehead atoms. The first kappa shape index (κ1) is 15.7. The molecule has 0 aromatic rings. The Hall–Kier alpha value is -0.252. The first-order valence-electron chi connectivity index (χ1n) is 4.06. The molecule has 4 atom stereocenters. The van der Waals surface area contributed by atoms with Crippen LogP contribution in [0.3, 0.4) is 0 Å². The number of rotatable bonds is 7. The molecule has 0 saturated heterocycles. The van der Waals surface area contributed by atoms with Gasteiger partial charge < -0.3 is 0 Å². The van der Waals surface area contributed by atoms with Gasteiger partial charge in [-0.3, -0.25) is 0 Å². The Morgan fingerprint density at radius 3 is 2.00 bits per heavy atom. The van der Waals surface area contributed by atoms with E-state index in [9.17, 15) is 8.53 Å². The van der Waals surface area contributed by atoms with Crippen LogP contribution in [0, 0.1) is 0 Å². The quantitative estimate of drug-likeness (QED) is 0.201. The monoisotopic (exact) mass is 304 g/mol. The number of hydrogen-bond acceptors (Lipinski definition) is 7. The molecule has 96 valence electrons. The molecule has 0 saturated carbocycles. The number of carbonyl (C=O) groups excluding carboxylic acids is 1. The van der Waals surface area contributed by atoms with Crippen LogP contribution < -0.4 is 0 Å². The van der Waals surface area contributed by atoms with Crippen molar-refractivity contribution in [2.75, 3.05) is 6.61 Å². The van der Waals surface area contributed by atoms with E-state index in [0.717, 1.165) is 0 Å². The van der Waals surface area contributed by atoms with E-state index >= 15 is 0 Å². The number of aliphatic hydroxyl groups is 4. The Morgan fingerprint density at radius 1 is 1.12 bits per heavy atom. The number of hydrogen-bond donors (Lipinski definition) is 6. The molecule has 9 nitrogen and oxygen atoms in total. The zero-order chi connectivity index (χ0) is 12.9. The Labute approximate surface area is 93.3 Å². The van der Waals surface area contributed by atoms with E-state index in [0.29, 0.717) is 0 Å². The molecular formula is C6H13AsO9. The summed E-state index contributed by atoms with van der Waals surface area (Å²) in [7, 11) is 0. The third kappa shape index (κ3) is 5.73. The van der Waals surface area contributed by atoms with E-state index in [-0.39, 0.29) is 6.29 Å². The third-order valence-electron chi connectivity index (χ3n) is 1.65. The van der Waals surface area contributed by atoms with Crippen LogP contribution in [-0.2, 0) is 12.3 Å². The van der Waals surface area contributed by atoms with Gasteiger partial charge in [0, 0.05) is 0 Å². The molecule has 16 heavy (non-hydrogen) atoms. The summed E-state index contributed by atoms with van der Waals surface area (Å²) in [6, 6.07) is 0. The summed E-state index contributed by atoms with van der Waals surface area (Å²) in [6.45, 7) is -0.937. The van der Waals surface area contributed by atoms with Crippen LogP contribution in [0.15, 0.2) is 0 Å². The molecule has 0 rings (SSSR count). The average Bonchev–Trinajstić information content (AvgIpc) is 2.21. The van der Waals surface area contributed by atoms with E-state index in [2.05, 4.69) is 3.73 Å². The van der Waals surface area contributed by atoms with Crippen molar-refractivity contribution in [2.45, 2.75) is 24.4 Å². The minimum atomic E-state index is -5.39. The fourth-order valence-corrected chi connectivity index (χ4v) is 1.51. The van der Waals surface area contributed by atoms with Crippen molar-refractivity contribution in [3.63, 3.8) is 0 Å². The molecule has 6 N–H and O–H groups in total. The van der Waals surface area contributed by atoms with Gasteiger partial charge in [0.25, 0.3) is 0 Å². The van der Waals surface area contributed by atoms with Crippen molar-refractivity contribution in [3.05, 3.63) is 0 Å². The van der Waals surface area contributed by atoms with Crippen LogP contribution in [0.4, 0.5) is 0 Å². The van der Waals surface area contributed by atoms with Gasteiger partial charge in [-0.25, -0.2) is 0 Å². The van der Waals surface area contributed by atoms with E-state index in [1.807, 2.05) is 0 Å². The molecule has 0 radical (unpaired) electrons. The van der Waals surface area contributed by atoms with Crippen LogP contribution in [0.5, 0.6) is 0 Å². The Morgan fingerprint density at radius 2 is 1.62 bits per heavy atom. The van der Waals surface area contributed by atoms with Gasteiger partial charge in [-0.1, -0.05) is 0 Å². The molecule has 0 amide bonds. The Kier molecular flexibility index (Phi) is 6.37. The molecule has 0 spiro atoms. The summed E-state index contributed by atoms with van der Waals surface area (Å²) in [4.78, 5) is 10.0. The molecule has 0 heterocycles. The van der Waals surface area contributed by atoms with Gasteiger partial charge in [0.15, 0.2) is 0 Å². The van der Waals surface area contributed by atoms with Crippen LogP contribution in [0.1, 0.15) is 0 Å². The number of aliphatic hydroxyl groups excluding tert-OH is 4. The average molecular weight is 304 g/mol. The number of aldehydes is 1. The van der Waals surface area contributed by atoms with Crippen LogP contribution in [0.25, 0.3) is 0 Å². The van der Waals surface area contributed by atoms with Crippen LogP contribution in [-0.4, -0.2) is 80.4 Å². The summed E-state index contributed by atoms with van der Waals surface area (Å²) in [5, 5.41) is 36.1. The van der Waals surface area contributed by atoms with Crippen molar-refractivity contribution in [1.82, 2.24) is 0 Å². The Bertz CT molecular complexity index is 263. The van der Waals surface area contributed by atoms with Gasteiger partial charge >= 0.3 is 92.7 Å². The van der Waals surface area contributed by atoms with Gasteiger partial charge in [0.1, 0.15) is 0 Å². The molecule has 0 aromatic heterocycles. The minimum absolute atomic E-state index is 0.0612. The van der Waals surface area contributed by atoms with Crippen LogP contribution in [0.2, 0.25) is 0 Å². The standard InChI is InChI=1S/C6H13AsO9/c8-1-3(9)5(11)6(12)4(10)2-16-7(13,14)15/h1,3-6,9-12H,2H2,(H2,13,14,15)/t3-,4+,5+,6+/m0/s1. The molecular weight excluding hydrogens is 291 g/mol. The predicted octanol–water partition coefficient (Wildman–Crippen LogP) is -4.50. The second-order valence-corrected chi connectivity index (χ2v) is 5.56. The van der Waals surface area contributed by atoms with E-state index in [4.69, 9.17) is 28.6 Å². The van der Waals surface area contributed by atoms with Crippen molar-refractivity contribution in [1.29, 1.82) is 0 Å². The van der Waals surface area contributed by atoms with Gasteiger partial charge in [-0.05, 0) is 0 Å². The van der Waals surface area contributed by atoms with Crippen molar-refractivity contribution in [3.8, 4) is 0 Å². The SMILES string of the molecule is O=C[C@H](O)[C@@H](O)[C@H](O)[C@H](O)CO[As](=O)(O)O. The summed E-state index contributed by atoms with van der Waals surface area (Å²) in [5.74, 6) is 0. The second kappa shape index (κ2) is 6.48. The van der Waals surface area contributed by atoms with Gasteiger partial charge in [0.05, 0.1) is 0 Å². The van der Waals surface area contributed by atoms with Gasteiger partial charge in [0.2, 0.25) is 0 Å². The summed E-state index contributed by atoms with van der Waals surface area (Å²) >= 11 is -5.39. The normalized spacial score (nSPS) is 19.9. The van der Waals surface area contributed by atoms with Crippen molar-refractivity contribution < 1.29 is 40.9 Å². The topological polar surface area (TPSA) is 165 Å². The maximum absolute atomic E-state index is 10.3. The third-order valence-corrected chi connectivity index (χ3v) is 2.67. The van der Waals surface area contributed by atoms with E-state index < -0.39 is 45.5 Å². The molecule has 0 aliphatic heterocycles. The molecule has 0 aliphatic rings. The number of carbonyl (C=O) groups is 1. The van der Waals surface area contributed by atoms with Crippen molar-refractivity contribution >= 4 is 20.8 Å². The van der Waals surface area contributed by atoms with E-state index in [1.54, 1.807) is 0 Å². The predicted molar refractivity (Wildman–Crippen MR) is 46.9 cm³/mol. The first-order chi connectivity index (χ1) is 7.19. The van der Waals surface area contributed by atoms with Crippen LogP contribution >= 0.6 is 0 Å². The summed E-state index contributed by atoms with van der Waals surface area (Å²) < 4.78 is 30.9. The zero-order valence-electron chi connectivity index (χ0n) is 7.95. The van der Waals surface area contributed by atoms with Crippen molar-refractivity contribution in [2.24, 2.45) is 0 Å².